The Morgan fingerprint density at radius 2 is 2.00 bits per heavy atom. The van der Waals surface area contributed by atoms with Gasteiger partial charge in [-0.1, -0.05) is 38.1 Å². The third-order valence-electron chi connectivity index (χ3n) is 1.87. The number of benzene rings is 1. The highest BCUT2D eigenvalue weighted by molar-refractivity contribution is 5.59. The normalized spacial score (nSPS) is 17.5. The van der Waals surface area contributed by atoms with Gasteiger partial charge in [-0.3, -0.25) is 0 Å². The van der Waals surface area contributed by atoms with Gasteiger partial charge < -0.3 is 9.84 Å². The number of hydrogen-bond donors (Lipinski definition) is 1. The van der Waals surface area contributed by atoms with Gasteiger partial charge >= 0.3 is 0 Å². The second kappa shape index (κ2) is 5.45. The van der Waals surface area contributed by atoms with Crippen molar-refractivity contribution in [2.24, 2.45) is 0 Å². The monoisotopic (exact) mass is 192 g/mol. The highest BCUT2D eigenvalue weighted by atomic mass is 16.5. The van der Waals surface area contributed by atoms with Gasteiger partial charge in [0.15, 0.2) is 0 Å². The van der Waals surface area contributed by atoms with Crippen LogP contribution >= 0.6 is 0 Å². The summed E-state index contributed by atoms with van der Waals surface area (Å²) < 4.78 is 5.44. The predicted molar refractivity (Wildman–Crippen MR) is 58.3 cm³/mol. The summed E-state index contributed by atoms with van der Waals surface area (Å²) in [6, 6.07) is 7.78. The van der Waals surface area contributed by atoms with Gasteiger partial charge in [0.25, 0.3) is 0 Å². The van der Waals surface area contributed by atoms with E-state index in [4.69, 9.17) is 9.84 Å². The largest absolute Gasteiger partial charge is 0.483 e. The number of fused-ring (bicyclic) bond motifs is 1. The van der Waals surface area contributed by atoms with Crippen molar-refractivity contribution in [3.8, 4) is 5.75 Å². The molecule has 2 rings (SSSR count). The summed E-state index contributed by atoms with van der Waals surface area (Å²) >= 11 is 0. The predicted octanol–water partition coefficient (Wildman–Crippen LogP) is 2.48. The van der Waals surface area contributed by atoms with Gasteiger partial charge in [-0.15, -0.1) is 0 Å². The van der Waals surface area contributed by atoms with Crippen LogP contribution in [-0.2, 0) is 0 Å². The van der Waals surface area contributed by atoms with E-state index >= 15 is 0 Å². The fourth-order valence-corrected chi connectivity index (χ4v) is 1.24. The van der Waals surface area contributed by atoms with Crippen LogP contribution in [0.25, 0.3) is 6.08 Å². The average Bonchev–Trinajstić information content (AvgIpc) is 2.31. The van der Waals surface area contributed by atoms with Crippen molar-refractivity contribution in [2.75, 3.05) is 6.61 Å². The fourth-order valence-electron chi connectivity index (χ4n) is 1.24. The molecule has 1 aromatic rings. The quantitative estimate of drug-likeness (QED) is 0.740. The van der Waals surface area contributed by atoms with Crippen molar-refractivity contribution in [2.45, 2.75) is 20.0 Å². The number of para-hydroxylation sites is 1. The van der Waals surface area contributed by atoms with Crippen LogP contribution in [0, 0.1) is 0 Å². The maximum atomic E-state index is 8.84. The Morgan fingerprint density at radius 3 is 2.71 bits per heavy atom. The lowest BCUT2D eigenvalue weighted by molar-refractivity contribution is 0.148. The van der Waals surface area contributed by atoms with Crippen molar-refractivity contribution in [3.05, 3.63) is 35.9 Å². The van der Waals surface area contributed by atoms with Gasteiger partial charge in [-0.25, -0.2) is 0 Å². The van der Waals surface area contributed by atoms with Crippen molar-refractivity contribution in [1.29, 1.82) is 0 Å². The first-order valence-corrected chi connectivity index (χ1v) is 4.95. The van der Waals surface area contributed by atoms with Gasteiger partial charge in [-0.05, 0) is 12.1 Å². The Hall–Kier alpha value is -1.28. The van der Waals surface area contributed by atoms with E-state index in [1.165, 1.54) is 0 Å². The summed E-state index contributed by atoms with van der Waals surface area (Å²) in [5.74, 6) is 0.846. The number of aliphatic hydroxyl groups excluding tert-OH is 1. The lowest BCUT2D eigenvalue weighted by Crippen LogP contribution is -2.20. The molecular formula is C12H16O2. The summed E-state index contributed by atoms with van der Waals surface area (Å²) in [7, 11) is 0. The van der Waals surface area contributed by atoms with Crippen LogP contribution < -0.4 is 4.74 Å². The van der Waals surface area contributed by atoms with E-state index in [0.29, 0.717) is 0 Å². The molecule has 2 heteroatoms. The molecular weight excluding hydrogens is 176 g/mol. The zero-order chi connectivity index (χ0) is 10.4. The minimum atomic E-state index is -0.181. The standard InChI is InChI=1S/C10H10O2.C2H6/c11-7-9-6-5-8-3-1-2-4-10(8)12-9;1-2/h1-6,9,11H,7H2;1-2H3. The minimum absolute atomic E-state index is 0.0326. The fraction of sp³-hybridized carbons (Fsp3) is 0.333. The van der Waals surface area contributed by atoms with E-state index in [1.807, 2.05) is 50.3 Å². The van der Waals surface area contributed by atoms with Gasteiger partial charge in [0, 0.05) is 5.56 Å². The lowest BCUT2D eigenvalue weighted by atomic mass is 10.1. The minimum Gasteiger partial charge on any atom is -0.483 e. The maximum absolute atomic E-state index is 8.84. The molecule has 14 heavy (non-hydrogen) atoms. The third-order valence-corrected chi connectivity index (χ3v) is 1.87. The third kappa shape index (κ3) is 2.36. The number of hydrogen-bond acceptors (Lipinski definition) is 2. The first-order chi connectivity index (χ1) is 6.90. The molecule has 1 aliphatic rings. The first-order valence-electron chi connectivity index (χ1n) is 4.95. The summed E-state index contributed by atoms with van der Waals surface area (Å²) in [5.41, 5.74) is 1.07. The average molecular weight is 192 g/mol. The first kappa shape index (κ1) is 10.8. The number of ether oxygens (including phenoxy) is 1. The highest BCUT2D eigenvalue weighted by Crippen LogP contribution is 2.24. The lowest BCUT2D eigenvalue weighted by Gasteiger charge is -2.19. The van der Waals surface area contributed by atoms with Gasteiger partial charge in [0.05, 0.1) is 6.61 Å². The van der Waals surface area contributed by atoms with E-state index in [-0.39, 0.29) is 12.7 Å². The van der Waals surface area contributed by atoms with E-state index in [2.05, 4.69) is 0 Å². The Labute approximate surface area is 84.8 Å². The van der Waals surface area contributed by atoms with Crippen LogP contribution in [0.4, 0.5) is 0 Å². The van der Waals surface area contributed by atoms with Crippen molar-refractivity contribution in [3.63, 3.8) is 0 Å². The van der Waals surface area contributed by atoms with Crippen molar-refractivity contribution in [1.82, 2.24) is 0 Å². The molecule has 0 bridgehead atoms. The molecule has 2 nitrogen and oxygen atoms in total. The molecule has 76 valence electrons. The molecule has 0 amide bonds. The molecule has 0 aromatic heterocycles. The van der Waals surface area contributed by atoms with E-state index in [0.717, 1.165) is 11.3 Å². The molecule has 1 aliphatic heterocycles. The van der Waals surface area contributed by atoms with E-state index in [9.17, 15) is 0 Å². The topological polar surface area (TPSA) is 29.5 Å². The number of rotatable bonds is 1. The molecule has 1 aromatic carbocycles. The zero-order valence-corrected chi connectivity index (χ0v) is 8.60. The molecule has 0 saturated carbocycles. The molecule has 0 spiro atoms. The summed E-state index contributed by atoms with van der Waals surface area (Å²) in [6.07, 6.45) is 3.65. The smallest absolute Gasteiger partial charge is 0.140 e. The van der Waals surface area contributed by atoms with Crippen LogP contribution in [0.2, 0.25) is 0 Å². The van der Waals surface area contributed by atoms with Crippen LogP contribution in [0.1, 0.15) is 19.4 Å². The summed E-state index contributed by atoms with van der Waals surface area (Å²) in [4.78, 5) is 0. The number of aliphatic hydroxyl groups is 1. The highest BCUT2D eigenvalue weighted by Gasteiger charge is 2.11. The molecule has 1 N–H and O–H groups in total. The van der Waals surface area contributed by atoms with Crippen LogP contribution in [0.5, 0.6) is 5.75 Å². The Bertz CT molecular complexity index is 305. The second-order valence-electron chi connectivity index (χ2n) is 2.74. The summed E-state index contributed by atoms with van der Waals surface area (Å²) in [6.45, 7) is 4.03. The molecule has 1 atom stereocenters. The molecule has 1 heterocycles. The van der Waals surface area contributed by atoms with Gasteiger partial charge in [0.1, 0.15) is 11.9 Å². The Morgan fingerprint density at radius 1 is 1.29 bits per heavy atom. The van der Waals surface area contributed by atoms with Crippen molar-refractivity contribution < 1.29 is 9.84 Å². The van der Waals surface area contributed by atoms with Crippen LogP contribution in [0.3, 0.4) is 0 Å². The molecule has 0 fully saturated rings. The summed E-state index contributed by atoms with van der Waals surface area (Å²) in [5, 5.41) is 8.84. The second-order valence-corrected chi connectivity index (χ2v) is 2.74. The SMILES string of the molecule is CC.OCC1C=Cc2ccccc2O1. The van der Waals surface area contributed by atoms with E-state index < -0.39 is 0 Å². The maximum Gasteiger partial charge on any atom is 0.140 e. The van der Waals surface area contributed by atoms with Gasteiger partial charge in [-0.2, -0.15) is 0 Å². The van der Waals surface area contributed by atoms with Gasteiger partial charge in [0.2, 0.25) is 0 Å². The van der Waals surface area contributed by atoms with Crippen LogP contribution in [0.15, 0.2) is 30.3 Å². The Kier molecular flexibility index (Phi) is 4.20. The molecule has 0 saturated heterocycles. The molecule has 0 aliphatic carbocycles. The van der Waals surface area contributed by atoms with Crippen LogP contribution in [-0.4, -0.2) is 17.8 Å². The molecule has 1 unspecified atom stereocenters. The Balaban J connectivity index is 0.000000461. The molecule has 0 radical (unpaired) electrons. The zero-order valence-electron chi connectivity index (χ0n) is 8.60. The van der Waals surface area contributed by atoms with E-state index in [1.54, 1.807) is 0 Å². The van der Waals surface area contributed by atoms with Crippen molar-refractivity contribution >= 4 is 6.08 Å².